The van der Waals surface area contributed by atoms with Crippen LogP contribution in [-0.4, -0.2) is 16.7 Å². The van der Waals surface area contributed by atoms with Gasteiger partial charge in [-0.25, -0.2) is 9.37 Å². The van der Waals surface area contributed by atoms with E-state index in [2.05, 4.69) is 10.3 Å². The van der Waals surface area contributed by atoms with Crippen LogP contribution in [0.25, 0.3) is 11.3 Å². The van der Waals surface area contributed by atoms with Gasteiger partial charge in [-0.05, 0) is 67.6 Å². The van der Waals surface area contributed by atoms with Crippen LogP contribution in [-0.2, 0) is 4.79 Å². The Morgan fingerprint density at radius 2 is 1.58 bits per heavy atom. The number of anilines is 1. The summed E-state index contributed by atoms with van der Waals surface area (Å²) in [7, 11) is 0. The Labute approximate surface area is 194 Å². The van der Waals surface area contributed by atoms with Gasteiger partial charge in [-0.3, -0.25) is 9.59 Å². The number of rotatable bonds is 8. The minimum absolute atomic E-state index is 0.0472. The fourth-order valence-electron chi connectivity index (χ4n) is 3.21. The van der Waals surface area contributed by atoms with E-state index in [9.17, 15) is 14.0 Å². The SMILES string of the molecule is Cc1sc(NC(=O)CCC(=O)c2ccc(Oc3ccccc3)cc2)nc1-c1ccc(F)cc1. The van der Waals surface area contributed by atoms with E-state index in [1.165, 1.54) is 23.5 Å². The number of nitrogens with zero attached hydrogens (tertiary/aromatic N) is 1. The summed E-state index contributed by atoms with van der Waals surface area (Å²) in [5.74, 6) is 0.619. The number of para-hydroxylation sites is 1. The molecule has 4 rings (SSSR count). The molecule has 0 bridgehead atoms. The quantitative estimate of drug-likeness (QED) is 0.299. The molecular weight excluding hydrogens is 439 g/mol. The molecule has 0 aliphatic carbocycles. The molecule has 0 spiro atoms. The normalized spacial score (nSPS) is 10.6. The average molecular weight is 461 g/mol. The first-order valence-corrected chi connectivity index (χ1v) is 11.2. The minimum Gasteiger partial charge on any atom is -0.457 e. The molecule has 0 fully saturated rings. The topological polar surface area (TPSA) is 68.3 Å². The Bertz CT molecular complexity index is 1250. The molecule has 0 saturated heterocycles. The predicted octanol–water partition coefficient (Wildman–Crippen LogP) is 6.65. The Hall–Kier alpha value is -3.84. The van der Waals surface area contributed by atoms with Crippen molar-refractivity contribution < 1.29 is 18.7 Å². The van der Waals surface area contributed by atoms with Crippen molar-refractivity contribution in [3.8, 4) is 22.8 Å². The summed E-state index contributed by atoms with van der Waals surface area (Å²) in [6, 6.07) is 22.3. The van der Waals surface area contributed by atoms with Crippen LogP contribution in [0.2, 0.25) is 0 Å². The fourth-order valence-corrected chi connectivity index (χ4v) is 4.06. The van der Waals surface area contributed by atoms with Crippen LogP contribution >= 0.6 is 11.3 Å². The van der Waals surface area contributed by atoms with Gasteiger partial charge in [0.25, 0.3) is 0 Å². The lowest BCUT2D eigenvalue weighted by molar-refractivity contribution is -0.116. The molecule has 1 amide bonds. The van der Waals surface area contributed by atoms with Crippen molar-refractivity contribution in [1.29, 1.82) is 0 Å². The van der Waals surface area contributed by atoms with Crippen molar-refractivity contribution in [2.75, 3.05) is 5.32 Å². The van der Waals surface area contributed by atoms with Crippen LogP contribution in [0.1, 0.15) is 28.1 Å². The second-order valence-corrected chi connectivity index (χ2v) is 8.54. The van der Waals surface area contributed by atoms with E-state index < -0.39 is 0 Å². The van der Waals surface area contributed by atoms with Gasteiger partial charge in [0.1, 0.15) is 17.3 Å². The molecule has 0 saturated carbocycles. The lowest BCUT2D eigenvalue weighted by Gasteiger charge is -2.06. The van der Waals surface area contributed by atoms with Crippen LogP contribution in [0.15, 0.2) is 78.9 Å². The first-order valence-electron chi connectivity index (χ1n) is 10.4. The number of Topliss-reactive ketones (excluding diaryl/α,β-unsaturated/α-hetero) is 1. The summed E-state index contributed by atoms with van der Waals surface area (Å²) >= 11 is 1.34. The number of carbonyl (C=O) groups excluding carboxylic acids is 2. The molecule has 0 radical (unpaired) electrons. The van der Waals surface area contributed by atoms with Crippen LogP contribution in [0, 0.1) is 12.7 Å². The Kier molecular flexibility index (Phi) is 6.90. The summed E-state index contributed by atoms with van der Waals surface area (Å²) < 4.78 is 18.9. The molecule has 1 aromatic heterocycles. The maximum atomic E-state index is 13.2. The van der Waals surface area contributed by atoms with Gasteiger partial charge in [0.2, 0.25) is 5.91 Å². The van der Waals surface area contributed by atoms with Crippen LogP contribution in [0.3, 0.4) is 0 Å². The predicted molar refractivity (Wildman–Crippen MR) is 127 cm³/mol. The van der Waals surface area contributed by atoms with Gasteiger partial charge in [-0.2, -0.15) is 0 Å². The van der Waals surface area contributed by atoms with Gasteiger partial charge >= 0.3 is 0 Å². The molecule has 4 aromatic rings. The number of ketones is 1. The van der Waals surface area contributed by atoms with E-state index in [1.807, 2.05) is 37.3 Å². The molecule has 1 heterocycles. The molecule has 5 nitrogen and oxygen atoms in total. The summed E-state index contributed by atoms with van der Waals surface area (Å²) in [6.45, 7) is 1.89. The molecule has 1 N–H and O–H groups in total. The highest BCUT2D eigenvalue weighted by Gasteiger charge is 2.14. The highest BCUT2D eigenvalue weighted by atomic mass is 32.1. The minimum atomic E-state index is -0.316. The van der Waals surface area contributed by atoms with Gasteiger partial charge in [-0.15, -0.1) is 11.3 Å². The summed E-state index contributed by atoms with van der Waals surface area (Å²) in [4.78, 5) is 30.2. The number of halogens is 1. The third-order valence-corrected chi connectivity index (χ3v) is 5.78. The van der Waals surface area contributed by atoms with Crippen molar-refractivity contribution in [2.45, 2.75) is 19.8 Å². The van der Waals surface area contributed by atoms with Crippen molar-refractivity contribution in [3.05, 3.63) is 95.1 Å². The third kappa shape index (κ3) is 5.90. The van der Waals surface area contributed by atoms with Crippen molar-refractivity contribution in [1.82, 2.24) is 4.98 Å². The second-order valence-electron chi connectivity index (χ2n) is 7.34. The van der Waals surface area contributed by atoms with E-state index in [4.69, 9.17) is 4.74 Å². The van der Waals surface area contributed by atoms with Crippen molar-refractivity contribution >= 4 is 28.2 Å². The molecular formula is C26H21FN2O3S. The number of amides is 1. The van der Waals surface area contributed by atoms with Gasteiger partial charge in [0.05, 0.1) is 5.69 Å². The Morgan fingerprint density at radius 1 is 0.909 bits per heavy atom. The van der Waals surface area contributed by atoms with Crippen molar-refractivity contribution in [3.63, 3.8) is 0 Å². The molecule has 166 valence electrons. The third-order valence-electron chi connectivity index (χ3n) is 4.89. The monoisotopic (exact) mass is 460 g/mol. The number of aryl methyl sites for hydroxylation is 1. The summed E-state index contributed by atoms with van der Waals surface area (Å²) in [5.41, 5.74) is 2.00. The van der Waals surface area contributed by atoms with Crippen LogP contribution < -0.4 is 10.1 Å². The molecule has 3 aromatic carbocycles. The smallest absolute Gasteiger partial charge is 0.226 e. The lowest BCUT2D eigenvalue weighted by atomic mass is 10.1. The van der Waals surface area contributed by atoms with Gasteiger partial charge < -0.3 is 10.1 Å². The van der Waals surface area contributed by atoms with E-state index in [0.29, 0.717) is 27.9 Å². The number of aromatic nitrogens is 1. The zero-order valence-electron chi connectivity index (χ0n) is 17.9. The number of thiazole rings is 1. The number of hydrogen-bond acceptors (Lipinski definition) is 5. The standard InChI is InChI=1S/C26H21FN2O3S/c1-17-25(19-7-11-20(27)12-8-19)29-26(33-17)28-24(31)16-15-23(30)18-9-13-22(14-10-18)32-21-5-3-2-4-6-21/h2-14H,15-16H2,1H3,(H,28,29,31). The van der Waals surface area contributed by atoms with Gasteiger partial charge in [0.15, 0.2) is 10.9 Å². The van der Waals surface area contributed by atoms with Crippen LogP contribution in [0.5, 0.6) is 11.5 Å². The highest BCUT2D eigenvalue weighted by Crippen LogP contribution is 2.30. The van der Waals surface area contributed by atoms with E-state index in [-0.39, 0.29) is 30.3 Å². The van der Waals surface area contributed by atoms with E-state index in [1.54, 1.807) is 36.4 Å². The van der Waals surface area contributed by atoms with E-state index >= 15 is 0 Å². The average Bonchev–Trinajstić information content (AvgIpc) is 3.19. The first kappa shape index (κ1) is 22.4. The number of carbonyl (C=O) groups is 2. The second kappa shape index (κ2) is 10.2. The number of ether oxygens (including phenoxy) is 1. The molecule has 0 aliphatic heterocycles. The summed E-state index contributed by atoms with van der Waals surface area (Å²) in [5, 5.41) is 3.20. The molecule has 0 unspecified atom stereocenters. The highest BCUT2D eigenvalue weighted by molar-refractivity contribution is 7.16. The van der Waals surface area contributed by atoms with Crippen molar-refractivity contribution in [2.24, 2.45) is 0 Å². The Balaban J connectivity index is 1.30. The lowest BCUT2D eigenvalue weighted by Crippen LogP contribution is -2.13. The maximum Gasteiger partial charge on any atom is 0.226 e. The Morgan fingerprint density at radius 3 is 2.27 bits per heavy atom. The largest absolute Gasteiger partial charge is 0.457 e. The zero-order chi connectivity index (χ0) is 23.2. The number of hydrogen-bond donors (Lipinski definition) is 1. The van der Waals surface area contributed by atoms with Gasteiger partial charge in [-0.1, -0.05) is 18.2 Å². The fraction of sp³-hybridized carbons (Fsp3) is 0.115. The maximum absolute atomic E-state index is 13.2. The van der Waals surface area contributed by atoms with Gasteiger partial charge in [0, 0.05) is 28.8 Å². The molecule has 7 heteroatoms. The number of benzene rings is 3. The van der Waals surface area contributed by atoms with Crippen LogP contribution in [0.4, 0.5) is 9.52 Å². The zero-order valence-corrected chi connectivity index (χ0v) is 18.7. The summed E-state index contributed by atoms with van der Waals surface area (Å²) in [6.07, 6.45) is 0.130. The first-order chi connectivity index (χ1) is 16.0. The number of nitrogens with one attached hydrogen (secondary N) is 1. The van der Waals surface area contributed by atoms with E-state index in [0.717, 1.165) is 10.4 Å². The molecule has 0 aliphatic rings. The molecule has 33 heavy (non-hydrogen) atoms. The molecule has 0 atom stereocenters.